The standard InChI is InChI=1S/C15H10ClIN2O/c16-12-8-11(17)2-4-14(12)19-15(20)10-1-3-13-9(7-10)5-6-18-13/h1-8,18H,(H,19,20). The Kier molecular flexibility index (Phi) is 3.67. The van der Waals surface area contributed by atoms with Crippen molar-refractivity contribution in [1.29, 1.82) is 0 Å². The molecule has 2 aromatic carbocycles. The molecule has 1 heterocycles. The van der Waals surface area contributed by atoms with E-state index >= 15 is 0 Å². The summed E-state index contributed by atoms with van der Waals surface area (Å²) < 4.78 is 1.03. The van der Waals surface area contributed by atoms with Gasteiger partial charge in [-0.15, -0.1) is 0 Å². The lowest BCUT2D eigenvalue weighted by Gasteiger charge is -2.07. The van der Waals surface area contributed by atoms with Crippen molar-refractivity contribution in [2.75, 3.05) is 5.32 Å². The van der Waals surface area contributed by atoms with Gasteiger partial charge in [-0.3, -0.25) is 4.79 Å². The molecular weight excluding hydrogens is 387 g/mol. The quantitative estimate of drug-likeness (QED) is 0.607. The second-order valence-corrected chi connectivity index (χ2v) is 6.01. The minimum atomic E-state index is -0.170. The van der Waals surface area contributed by atoms with Crippen LogP contribution in [-0.4, -0.2) is 10.9 Å². The molecule has 0 fully saturated rings. The van der Waals surface area contributed by atoms with Crippen molar-refractivity contribution in [3.8, 4) is 0 Å². The van der Waals surface area contributed by atoms with Crippen molar-refractivity contribution in [3.05, 3.63) is 62.8 Å². The number of H-pyrrole nitrogens is 1. The van der Waals surface area contributed by atoms with Gasteiger partial charge in [0.05, 0.1) is 10.7 Å². The Morgan fingerprint density at radius 2 is 2.00 bits per heavy atom. The van der Waals surface area contributed by atoms with Crippen molar-refractivity contribution in [2.24, 2.45) is 0 Å². The first kappa shape index (κ1) is 13.5. The lowest BCUT2D eigenvalue weighted by Crippen LogP contribution is -2.12. The molecular formula is C15H10ClIN2O. The first-order chi connectivity index (χ1) is 9.63. The van der Waals surface area contributed by atoms with Crippen LogP contribution >= 0.6 is 34.2 Å². The number of amides is 1. The zero-order valence-corrected chi connectivity index (χ0v) is 13.2. The molecule has 5 heteroatoms. The highest BCUT2D eigenvalue weighted by Crippen LogP contribution is 2.24. The summed E-state index contributed by atoms with van der Waals surface area (Å²) in [6, 6.07) is 13.0. The van der Waals surface area contributed by atoms with Crippen LogP contribution in [0, 0.1) is 3.57 Å². The number of anilines is 1. The van der Waals surface area contributed by atoms with E-state index in [1.807, 2.05) is 36.5 Å². The van der Waals surface area contributed by atoms with Crippen LogP contribution in [-0.2, 0) is 0 Å². The second kappa shape index (κ2) is 5.46. The molecule has 1 amide bonds. The molecule has 0 radical (unpaired) electrons. The fourth-order valence-corrected chi connectivity index (χ4v) is 2.88. The highest BCUT2D eigenvalue weighted by molar-refractivity contribution is 14.1. The first-order valence-corrected chi connectivity index (χ1v) is 7.43. The molecule has 3 aromatic rings. The van der Waals surface area contributed by atoms with Crippen LogP contribution in [0.2, 0.25) is 5.02 Å². The number of carbonyl (C=O) groups excluding carboxylic acids is 1. The van der Waals surface area contributed by atoms with Crippen LogP contribution in [0.1, 0.15) is 10.4 Å². The Balaban J connectivity index is 1.88. The van der Waals surface area contributed by atoms with E-state index in [-0.39, 0.29) is 5.91 Å². The third-order valence-electron chi connectivity index (χ3n) is 2.99. The minimum absolute atomic E-state index is 0.170. The molecule has 0 aliphatic heterocycles. The summed E-state index contributed by atoms with van der Waals surface area (Å²) in [5.41, 5.74) is 2.23. The number of benzene rings is 2. The van der Waals surface area contributed by atoms with Crippen LogP contribution in [0.15, 0.2) is 48.7 Å². The van der Waals surface area contributed by atoms with Gasteiger partial charge >= 0.3 is 0 Å². The third kappa shape index (κ3) is 2.66. The van der Waals surface area contributed by atoms with Gasteiger partial charge in [-0.05, 0) is 65.1 Å². The number of aromatic nitrogens is 1. The molecule has 20 heavy (non-hydrogen) atoms. The van der Waals surface area contributed by atoms with Gasteiger partial charge in [0.15, 0.2) is 0 Å². The molecule has 0 atom stereocenters. The molecule has 0 bridgehead atoms. The zero-order valence-electron chi connectivity index (χ0n) is 10.3. The molecule has 3 nitrogen and oxygen atoms in total. The van der Waals surface area contributed by atoms with Gasteiger partial charge in [0.25, 0.3) is 5.91 Å². The summed E-state index contributed by atoms with van der Waals surface area (Å²) in [6.07, 6.45) is 1.85. The van der Waals surface area contributed by atoms with Crippen LogP contribution in [0.5, 0.6) is 0 Å². The number of carbonyl (C=O) groups is 1. The van der Waals surface area contributed by atoms with E-state index in [4.69, 9.17) is 11.6 Å². The van der Waals surface area contributed by atoms with Crippen molar-refractivity contribution in [3.63, 3.8) is 0 Å². The van der Waals surface area contributed by atoms with Gasteiger partial charge in [-0.25, -0.2) is 0 Å². The van der Waals surface area contributed by atoms with Gasteiger partial charge in [0.1, 0.15) is 0 Å². The number of nitrogens with one attached hydrogen (secondary N) is 2. The van der Waals surface area contributed by atoms with E-state index in [2.05, 4.69) is 32.9 Å². The van der Waals surface area contributed by atoms with Crippen molar-refractivity contribution in [2.45, 2.75) is 0 Å². The average molecular weight is 397 g/mol. The minimum Gasteiger partial charge on any atom is -0.361 e. The Hall–Kier alpha value is -1.53. The molecule has 3 rings (SSSR count). The smallest absolute Gasteiger partial charge is 0.255 e. The highest BCUT2D eigenvalue weighted by atomic mass is 127. The van der Waals surface area contributed by atoms with Crippen LogP contribution in [0.25, 0.3) is 10.9 Å². The van der Waals surface area contributed by atoms with Gasteiger partial charge in [0, 0.05) is 26.2 Å². The van der Waals surface area contributed by atoms with E-state index in [1.165, 1.54) is 0 Å². The Morgan fingerprint density at radius 3 is 2.80 bits per heavy atom. The first-order valence-electron chi connectivity index (χ1n) is 5.97. The maximum atomic E-state index is 12.2. The topological polar surface area (TPSA) is 44.9 Å². The maximum Gasteiger partial charge on any atom is 0.255 e. The average Bonchev–Trinajstić information content (AvgIpc) is 2.89. The van der Waals surface area contributed by atoms with Crippen molar-refractivity contribution < 1.29 is 4.79 Å². The Labute approximate surface area is 134 Å². The van der Waals surface area contributed by atoms with Crippen molar-refractivity contribution >= 4 is 56.7 Å². The monoisotopic (exact) mass is 396 g/mol. The summed E-state index contributed by atoms with van der Waals surface area (Å²) in [4.78, 5) is 15.3. The number of fused-ring (bicyclic) bond motifs is 1. The lowest BCUT2D eigenvalue weighted by atomic mass is 10.1. The number of halogens is 2. The van der Waals surface area contributed by atoms with Gasteiger partial charge in [0.2, 0.25) is 0 Å². The van der Waals surface area contributed by atoms with Gasteiger partial charge < -0.3 is 10.3 Å². The summed E-state index contributed by atoms with van der Waals surface area (Å²) in [7, 11) is 0. The zero-order chi connectivity index (χ0) is 14.1. The van der Waals surface area contributed by atoms with Gasteiger partial charge in [-0.1, -0.05) is 11.6 Å². The highest BCUT2D eigenvalue weighted by Gasteiger charge is 2.09. The van der Waals surface area contributed by atoms with E-state index in [1.54, 1.807) is 12.1 Å². The molecule has 1 aromatic heterocycles. The lowest BCUT2D eigenvalue weighted by molar-refractivity contribution is 0.102. The molecule has 100 valence electrons. The van der Waals surface area contributed by atoms with E-state index < -0.39 is 0 Å². The SMILES string of the molecule is O=C(Nc1ccc(I)cc1Cl)c1ccc2[nH]ccc2c1. The summed E-state index contributed by atoms with van der Waals surface area (Å²) in [5, 5.41) is 4.37. The largest absolute Gasteiger partial charge is 0.361 e. The van der Waals surface area contributed by atoms with E-state index in [9.17, 15) is 4.79 Å². The van der Waals surface area contributed by atoms with Crippen LogP contribution in [0.3, 0.4) is 0 Å². The Morgan fingerprint density at radius 1 is 1.15 bits per heavy atom. The molecule has 0 aliphatic rings. The molecule has 0 unspecified atom stereocenters. The fraction of sp³-hybridized carbons (Fsp3) is 0. The predicted octanol–water partition coefficient (Wildman–Crippen LogP) is 4.68. The molecule has 2 N–H and O–H groups in total. The predicted molar refractivity (Wildman–Crippen MR) is 90.4 cm³/mol. The number of aromatic amines is 1. The number of hydrogen-bond acceptors (Lipinski definition) is 1. The van der Waals surface area contributed by atoms with E-state index in [0.717, 1.165) is 14.5 Å². The summed E-state index contributed by atoms with van der Waals surface area (Å²) in [6.45, 7) is 0. The Bertz CT molecular complexity index is 797. The van der Waals surface area contributed by atoms with Crippen molar-refractivity contribution in [1.82, 2.24) is 4.98 Å². The number of rotatable bonds is 2. The summed E-state index contributed by atoms with van der Waals surface area (Å²) in [5.74, 6) is -0.170. The molecule has 0 spiro atoms. The maximum absolute atomic E-state index is 12.2. The van der Waals surface area contributed by atoms with E-state index in [0.29, 0.717) is 16.3 Å². The van der Waals surface area contributed by atoms with Gasteiger partial charge in [-0.2, -0.15) is 0 Å². The van der Waals surface area contributed by atoms with Crippen LogP contribution in [0.4, 0.5) is 5.69 Å². The van der Waals surface area contributed by atoms with Crippen LogP contribution < -0.4 is 5.32 Å². The third-order valence-corrected chi connectivity index (χ3v) is 3.98. The molecule has 0 saturated carbocycles. The molecule has 0 saturated heterocycles. The second-order valence-electron chi connectivity index (χ2n) is 4.36. The number of hydrogen-bond donors (Lipinski definition) is 2. The normalized spacial score (nSPS) is 10.7. The fourth-order valence-electron chi connectivity index (χ4n) is 1.98. The summed E-state index contributed by atoms with van der Waals surface area (Å²) >= 11 is 8.29. The molecule has 0 aliphatic carbocycles.